The average Bonchev–Trinajstić information content (AvgIpc) is 2.58. The van der Waals surface area contributed by atoms with E-state index in [1.165, 1.54) is 12.5 Å². The Balaban J connectivity index is 1.76. The Bertz CT molecular complexity index is 776. The molecule has 1 fully saturated rings. The minimum Gasteiger partial charge on any atom is -0.348 e. The third kappa shape index (κ3) is 4.49. The number of amides is 1. The van der Waals surface area contributed by atoms with Crippen LogP contribution in [0.1, 0.15) is 48.3 Å². The number of aromatic nitrogens is 2. The molecule has 132 valence electrons. The van der Waals surface area contributed by atoms with Gasteiger partial charge in [0.05, 0.1) is 5.69 Å². The highest BCUT2D eigenvalue weighted by molar-refractivity contribution is 5.92. The summed E-state index contributed by atoms with van der Waals surface area (Å²) in [6.45, 7) is 1.73. The van der Waals surface area contributed by atoms with Crippen LogP contribution >= 0.6 is 0 Å². The molecule has 0 radical (unpaired) electrons. The van der Waals surface area contributed by atoms with Gasteiger partial charge in [0.25, 0.3) is 5.91 Å². The second-order valence-electron chi connectivity index (χ2n) is 6.28. The Labute approximate surface area is 144 Å². The Morgan fingerprint density at radius 2 is 1.88 bits per heavy atom. The van der Waals surface area contributed by atoms with Crippen LogP contribution < -0.4 is 10.6 Å². The third-order valence-electron chi connectivity index (χ3n) is 4.20. The third-order valence-corrected chi connectivity index (χ3v) is 4.20. The van der Waals surface area contributed by atoms with E-state index in [9.17, 15) is 13.6 Å². The molecule has 0 atom stereocenters. The second-order valence-corrected chi connectivity index (χ2v) is 6.28. The number of hydrogen-bond acceptors (Lipinski definition) is 4. The topological polar surface area (TPSA) is 66.9 Å². The van der Waals surface area contributed by atoms with Crippen molar-refractivity contribution in [1.82, 2.24) is 15.3 Å². The van der Waals surface area contributed by atoms with Crippen LogP contribution in [-0.4, -0.2) is 21.9 Å². The summed E-state index contributed by atoms with van der Waals surface area (Å²) in [5.41, 5.74) is 0.850. The zero-order chi connectivity index (χ0) is 17.8. The minimum absolute atomic E-state index is 0.0469. The lowest BCUT2D eigenvalue weighted by Crippen LogP contribution is -2.36. The number of halogens is 2. The van der Waals surface area contributed by atoms with Crippen LogP contribution in [-0.2, 0) is 0 Å². The molecule has 7 heteroatoms. The largest absolute Gasteiger partial charge is 0.348 e. The van der Waals surface area contributed by atoms with Crippen LogP contribution in [0, 0.1) is 18.6 Å². The smallest absolute Gasteiger partial charge is 0.270 e. The monoisotopic (exact) mass is 346 g/mol. The van der Waals surface area contributed by atoms with Crippen molar-refractivity contribution in [3.63, 3.8) is 0 Å². The molecule has 1 aromatic heterocycles. The molecule has 1 saturated carbocycles. The van der Waals surface area contributed by atoms with Crippen LogP contribution in [0.4, 0.5) is 20.4 Å². The van der Waals surface area contributed by atoms with Crippen LogP contribution in [0.2, 0.25) is 0 Å². The molecule has 1 aromatic carbocycles. The molecule has 2 N–H and O–H groups in total. The molecule has 0 bridgehead atoms. The van der Waals surface area contributed by atoms with Crippen molar-refractivity contribution >= 4 is 17.5 Å². The standard InChI is InChI=1S/C18H20F2N4O/c1-11-9-16(17(25)22-13-5-3-2-4-6-13)24-18(21-11)23-15-8-7-12(19)10-14(15)20/h7-10,13H,2-6H2,1H3,(H,22,25)(H,21,23,24). The second kappa shape index (κ2) is 7.55. The van der Waals surface area contributed by atoms with Crippen molar-refractivity contribution in [3.05, 3.63) is 47.3 Å². The molecular formula is C18H20F2N4O. The van der Waals surface area contributed by atoms with Gasteiger partial charge < -0.3 is 10.6 Å². The molecular weight excluding hydrogens is 326 g/mol. The van der Waals surface area contributed by atoms with Gasteiger partial charge in [-0.2, -0.15) is 0 Å². The lowest BCUT2D eigenvalue weighted by Gasteiger charge is -2.22. The maximum absolute atomic E-state index is 13.8. The summed E-state index contributed by atoms with van der Waals surface area (Å²) in [4.78, 5) is 20.8. The van der Waals surface area contributed by atoms with Crippen molar-refractivity contribution < 1.29 is 13.6 Å². The van der Waals surface area contributed by atoms with Gasteiger partial charge in [-0.1, -0.05) is 19.3 Å². The molecule has 1 aliphatic rings. The normalized spacial score (nSPS) is 15.0. The van der Waals surface area contributed by atoms with Gasteiger partial charge in [-0.05, 0) is 38.0 Å². The molecule has 25 heavy (non-hydrogen) atoms. The van der Waals surface area contributed by atoms with Gasteiger partial charge in [0.15, 0.2) is 0 Å². The number of nitrogens with one attached hydrogen (secondary N) is 2. The Kier molecular flexibility index (Phi) is 5.21. The van der Waals surface area contributed by atoms with E-state index >= 15 is 0 Å². The molecule has 1 amide bonds. The van der Waals surface area contributed by atoms with E-state index in [4.69, 9.17) is 0 Å². The molecule has 1 heterocycles. The highest BCUT2D eigenvalue weighted by atomic mass is 19.1. The number of benzene rings is 1. The predicted octanol–water partition coefficient (Wildman–Crippen LogP) is 3.87. The van der Waals surface area contributed by atoms with E-state index in [1.54, 1.807) is 13.0 Å². The highest BCUT2D eigenvalue weighted by Gasteiger charge is 2.18. The predicted molar refractivity (Wildman–Crippen MR) is 90.7 cm³/mol. The molecule has 3 rings (SSSR count). The minimum atomic E-state index is -0.752. The van der Waals surface area contributed by atoms with Gasteiger partial charge in [-0.3, -0.25) is 4.79 Å². The summed E-state index contributed by atoms with van der Waals surface area (Å²) in [7, 11) is 0. The molecule has 5 nitrogen and oxygen atoms in total. The Morgan fingerprint density at radius 3 is 2.60 bits per heavy atom. The van der Waals surface area contributed by atoms with Crippen molar-refractivity contribution in [3.8, 4) is 0 Å². The first kappa shape index (κ1) is 17.3. The van der Waals surface area contributed by atoms with Gasteiger partial charge in [0.2, 0.25) is 5.95 Å². The van der Waals surface area contributed by atoms with E-state index < -0.39 is 11.6 Å². The van der Waals surface area contributed by atoms with Gasteiger partial charge in [0, 0.05) is 17.8 Å². The SMILES string of the molecule is Cc1cc(C(=O)NC2CCCCC2)nc(Nc2ccc(F)cc2F)n1. The zero-order valence-electron chi connectivity index (χ0n) is 14.0. The average molecular weight is 346 g/mol. The number of aryl methyl sites for hydroxylation is 1. The van der Waals surface area contributed by atoms with Gasteiger partial charge in [-0.15, -0.1) is 0 Å². The lowest BCUT2D eigenvalue weighted by atomic mass is 9.95. The number of hydrogen-bond donors (Lipinski definition) is 2. The Hall–Kier alpha value is -2.57. The molecule has 0 saturated heterocycles. The summed E-state index contributed by atoms with van der Waals surface area (Å²) in [6, 6.07) is 4.93. The fraction of sp³-hybridized carbons (Fsp3) is 0.389. The fourth-order valence-corrected chi connectivity index (χ4v) is 2.96. The highest BCUT2D eigenvalue weighted by Crippen LogP contribution is 2.20. The van der Waals surface area contributed by atoms with Gasteiger partial charge >= 0.3 is 0 Å². The number of rotatable bonds is 4. The summed E-state index contributed by atoms with van der Waals surface area (Å²) < 4.78 is 26.8. The molecule has 0 spiro atoms. The maximum atomic E-state index is 13.8. The fourth-order valence-electron chi connectivity index (χ4n) is 2.96. The number of carbonyl (C=O) groups is 1. The summed E-state index contributed by atoms with van der Waals surface area (Å²) in [5.74, 6) is -1.58. The first-order valence-electron chi connectivity index (χ1n) is 8.40. The van der Waals surface area contributed by atoms with Crippen LogP contribution in [0.15, 0.2) is 24.3 Å². The van der Waals surface area contributed by atoms with Gasteiger partial charge in [0.1, 0.15) is 17.3 Å². The van der Waals surface area contributed by atoms with Crippen molar-refractivity contribution in [2.45, 2.75) is 45.1 Å². The first-order chi connectivity index (χ1) is 12.0. The van der Waals surface area contributed by atoms with E-state index in [-0.39, 0.29) is 29.3 Å². The molecule has 2 aromatic rings. The number of anilines is 2. The molecule has 0 unspecified atom stereocenters. The Morgan fingerprint density at radius 1 is 1.12 bits per heavy atom. The molecule has 0 aliphatic heterocycles. The summed E-state index contributed by atoms with van der Waals surface area (Å²) in [5, 5.41) is 5.69. The number of nitrogens with zero attached hydrogens (tertiary/aromatic N) is 2. The van der Waals surface area contributed by atoms with Crippen molar-refractivity contribution in [2.24, 2.45) is 0 Å². The van der Waals surface area contributed by atoms with E-state index in [1.807, 2.05) is 0 Å². The van der Waals surface area contributed by atoms with Crippen LogP contribution in [0.5, 0.6) is 0 Å². The van der Waals surface area contributed by atoms with Crippen LogP contribution in [0.3, 0.4) is 0 Å². The van der Waals surface area contributed by atoms with E-state index in [2.05, 4.69) is 20.6 Å². The van der Waals surface area contributed by atoms with E-state index in [0.29, 0.717) is 5.69 Å². The summed E-state index contributed by atoms with van der Waals surface area (Å²) >= 11 is 0. The summed E-state index contributed by atoms with van der Waals surface area (Å²) in [6.07, 6.45) is 5.38. The molecule has 1 aliphatic carbocycles. The van der Waals surface area contributed by atoms with Gasteiger partial charge in [-0.25, -0.2) is 18.7 Å². The van der Waals surface area contributed by atoms with E-state index in [0.717, 1.165) is 37.8 Å². The van der Waals surface area contributed by atoms with Crippen LogP contribution in [0.25, 0.3) is 0 Å². The zero-order valence-corrected chi connectivity index (χ0v) is 14.0. The van der Waals surface area contributed by atoms with Crippen molar-refractivity contribution in [2.75, 3.05) is 5.32 Å². The maximum Gasteiger partial charge on any atom is 0.270 e. The van der Waals surface area contributed by atoms with Crippen molar-refractivity contribution in [1.29, 1.82) is 0 Å². The lowest BCUT2D eigenvalue weighted by molar-refractivity contribution is 0.0922. The first-order valence-corrected chi connectivity index (χ1v) is 8.40. The number of carbonyl (C=O) groups excluding carboxylic acids is 1. The quantitative estimate of drug-likeness (QED) is 0.882.